The number of ether oxygens (including phenoxy) is 1. The molecule has 0 bridgehead atoms. The van der Waals surface area contributed by atoms with Crippen LogP contribution in [-0.4, -0.2) is 22.1 Å². The van der Waals surface area contributed by atoms with Crippen molar-refractivity contribution in [3.8, 4) is 5.88 Å². The highest BCUT2D eigenvalue weighted by atomic mass is 16.5. The van der Waals surface area contributed by atoms with Gasteiger partial charge < -0.3 is 15.7 Å². The molecule has 0 amide bonds. The van der Waals surface area contributed by atoms with Crippen LogP contribution >= 0.6 is 0 Å². The number of hydrogen-bond acceptors (Lipinski definition) is 4. The molecule has 1 unspecified atom stereocenters. The second-order valence-electron chi connectivity index (χ2n) is 3.94. The Hall–Kier alpha value is -1.78. The van der Waals surface area contributed by atoms with E-state index < -0.39 is 0 Å². The Morgan fingerprint density at radius 3 is 2.56 bits per heavy atom. The molecule has 1 rings (SSSR count). The van der Waals surface area contributed by atoms with Gasteiger partial charge in [-0.15, -0.1) is 0 Å². The van der Waals surface area contributed by atoms with Crippen LogP contribution in [0, 0.1) is 5.92 Å². The molecule has 0 fully saturated rings. The first-order valence-electron chi connectivity index (χ1n) is 5.15. The molecule has 1 heterocycles. The Balaban J connectivity index is 2.72. The maximum absolute atomic E-state index is 8.48. The molecular formula is C11H17N3O2. The lowest BCUT2D eigenvalue weighted by molar-refractivity contribution is 0.163. The summed E-state index contributed by atoms with van der Waals surface area (Å²) in [6.07, 6.45) is 1.61. The minimum Gasteiger partial charge on any atom is -0.474 e. The predicted octanol–water partition coefficient (Wildman–Crippen LogP) is 1.60. The topological polar surface area (TPSA) is 80.7 Å². The summed E-state index contributed by atoms with van der Waals surface area (Å²) in [5.74, 6) is 0.997. The number of oxime groups is 1. The third kappa shape index (κ3) is 3.12. The zero-order chi connectivity index (χ0) is 12.1. The molecule has 1 atom stereocenters. The Morgan fingerprint density at radius 1 is 1.44 bits per heavy atom. The largest absolute Gasteiger partial charge is 0.474 e. The number of hydrogen-bond donors (Lipinski definition) is 2. The van der Waals surface area contributed by atoms with Crippen molar-refractivity contribution < 1.29 is 9.94 Å². The van der Waals surface area contributed by atoms with Crippen molar-refractivity contribution in [2.45, 2.75) is 26.9 Å². The number of aromatic nitrogens is 1. The zero-order valence-electron chi connectivity index (χ0n) is 9.71. The first kappa shape index (κ1) is 12.3. The van der Waals surface area contributed by atoms with Crippen LogP contribution in [0.5, 0.6) is 5.88 Å². The highest BCUT2D eigenvalue weighted by Crippen LogP contribution is 2.13. The summed E-state index contributed by atoms with van der Waals surface area (Å²) in [5, 5.41) is 11.4. The predicted molar refractivity (Wildman–Crippen MR) is 61.7 cm³/mol. The standard InChI is InChI=1S/C11H17N3O2/c1-7(2)8(3)16-10-5-4-9(6-13-10)11(12)14-15/h4-8,15H,1-3H3,(H2,12,14). The summed E-state index contributed by atoms with van der Waals surface area (Å²) < 4.78 is 5.59. The van der Waals surface area contributed by atoms with Crippen LogP contribution in [0.1, 0.15) is 26.3 Å². The van der Waals surface area contributed by atoms with Crippen molar-refractivity contribution in [2.75, 3.05) is 0 Å². The SMILES string of the molecule is CC(C)C(C)Oc1ccc(C(N)=NO)cn1. The van der Waals surface area contributed by atoms with E-state index in [0.29, 0.717) is 17.4 Å². The van der Waals surface area contributed by atoms with E-state index in [0.717, 1.165) is 0 Å². The summed E-state index contributed by atoms with van der Waals surface area (Å²) in [7, 11) is 0. The smallest absolute Gasteiger partial charge is 0.213 e. The van der Waals surface area contributed by atoms with Crippen LogP contribution in [0.25, 0.3) is 0 Å². The van der Waals surface area contributed by atoms with Gasteiger partial charge in [0.1, 0.15) is 0 Å². The van der Waals surface area contributed by atoms with Crippen molar-refractivity contribution in [1.29, 1.82) is 0 Å². The molecule has 5 nitrogen and oxygen atoms in total. The fraction of sp³-hybridized carbons (Fsp3) is 0.455. The van der Waals surface area contributed by atoms with Gasteiger partial charge in [0.15, 0.2) is 5.84 Å². The molecule has 0 radical (unpaired) electrons. The van der Waals surface area contributed by atoms with E-state index in [-0.39, 0.29) is 11.9 Å². The van der Waals surface area contributed by atoms with Crippen LogP contribution < -0.4 is 10.5 Å². The lowest BCUT2D eigenvalue weighted by Gasteiger charge is -2.17. The molecule has 5 heteroatoms. The molecule has 16 heavy (non-hydrogen) atoms. The van der Waals surface area contributed by atoms with Gasteiger partial charge in [-0.1, -0.05) is 19.0 Å². The molecule has 0 saturated carbocycles. The fourth-order valence-corrected chi connectivity index (χ4v) is 0.986. The molecule has 3 N–H and O–H groups in total. The van der Waals surface area contributed by atoms with Crippen LogP contribution in [0.4, 0.5) is 0 Å². The van der Waals surface area contributed by atoms with Crippen LogP contribution in [0.3, 0.4) is 0 Å². The summed E-state index contributed by atoms with van der Waals surface area (Å²) >= 11 is 0. The average molecular weight is 223 g/mol. The normalized spacial score (nSPS) is 13.9. The molecule has 1 aromatic rings. The summed E-state index contributed by atoms with van der Waals surface area (Å²) in [4.78, 5) is 4.08. The lowest BCUT2D eigenvalue weighted by Crippen LogP contribution is -2.19. The summed E-state index contributed by atoms with van der Waals surface area (Å²) in [6, 6.07) is 3.40. The van der Waals surface area contributed by atoms with E-state index >= 15 is 0 Å². The van der Waals surface area contributed by atoms with Crippen LogP contribution in [0.15, 0.2) is 23.5 Å². The zero-order valence-corrected chi connectivity index (χ0v) is 9.71. The average Bonchev–Trinajstić information content (AvgIpc) is 2.28. The van der Waals surface area contributed by atoms with Gasteiger partial charge >= 0.3 is 0 Å². The highest BCUT2D eigenvalue weighted by molar-refractivity contribution is 5.96. The first-order valence-corrected chi connectivity index (χ1v) is 5.15. The quantitative estimate of drug-likeness (QED) is 0.351. The Morgan fingerprint density at radius 2 is 2.12 bits per heavy atom. The van der Waals surface area contributed by atoms with Gasteiger partial charge in [0.25, 0.3) is 0 Å². The Labute approximate surface area is 94.9 Å². The molecule has 0 saturated heterocycles. The second-order valence-corrected chi connectivity index (χ2v) is 3.94. The molecule has 0 aliphatic rings. The minimum absolute atomic E-state index is 0.0379. The van der Waals surface area contributed by atoms with Crippen molar-refractivity contribution in [3.05, 3.63) is 23.9 Å². The minimum atomic E-state index is 0.0379. The molecule has 0 spiro atoms. The first-order chi connectivity index (χ1) is 7.54. The van der Waals surface area contributed by atoms with Gasteiger partial charge in [-0.2, -0.15) is 0 Å². The number of nitrogens with zero attached hydrogens (tertiary/aromatic N) is 2. The van der Waals surface area contributed by atoms with Crippen molar-refractivity contribution in [2.24, 2.45) is 16.8 Å². The highest BCUT2D eigenvalue weighted by Gasteiger charge is 2.09. The van der Waals surface area contributed by atoms with Gasteiger partial charge in [-0.05, 0) is 18.9 Å². The lowest BCUT2D eigenvalue weighted by atomic mass is 10.1. The number of pyridine rings is 1. The molecule has 0 aliphatic carbocycles. The van der Waals surface area contributed by atoms with Gasteiger partial charge in [0.2, 0.25) is 5.88 Å². The molecule has 0 aromatic carbocycles. The van der Waals surface area contributed by atoms with Crippen molar-refractivity contribution in [1.82, 2.24) is 4.98 Å². The Kier molecular flexibility index (Phi) is 4.10. The third-order valence-corrected chi connectivity index (χ3v) is 2.39. The van der Waals surface area contributed by atoms with Crippen LogP contribution in [0.2, 0.25) is 0 Å². The van der Waals surface area contributed by atoms with E-state index in [4.69, 9.17) is 15.7 Å². The van der Waals surface area contributed by atoms with Gasteiger partial charge in [-0.3, -0.25) is 0 Å². The number of nitrogens with two attached hydrogens (primary N) is 1. The fourth-order valence-electron chi connectivity index (χ4n) is 0.986. The van der Waals surface area contributed by atoms with E-state index in [1.54, 1.807) is 12.1 Å². The van der Waals surface area contributed by atoms with Gasteiger partial charge in [-0.25, -0.2) is 4.98 Å². The van der Waals surface area contributed by atoms with E-state index in [2.05, 4.69) is 24.0 Å². The van der Waals surface area contributed by atoms with Gasteiger partial charge in [0.05, 0.1) is 6.10 Å². The van der Waals surface area contributed by atoms with Gasteiger partial charge in [0, 0.05) is 17.8 Å². The Bertz CT molecular complexity index is 360. The molecule has 1 aromatic heterocycles. The summed E-state index contributed by atoms with van der Waals surface area (Å²) in [6.45, 7) is 6.15. The van der Waals surface area contributed by atoms with Crippen LogP contribution in [-0.2, 0) is 0 Å². The van der Waals surface area contributed by atoms with E-state index in [9.17, 15) is 0 Å². The monoisotopic (exact) mass is 223 g/mol. The third-order valence-electron chi connectivity index (χ3n) is 2.39. The molecule has 88 valence electrons. The number of amidine groups is 1. The van der Waals surface area contributed by atoms with Crippen molar-refractivity contribution in [3.63, 3.8) is 0 Å². The van der Waals surface area contributed by atoms with E-state index in [1.165, 1.54) is 6.20 Å². The molecule has 0 aliphatic heterocycles. The maximum atomic E-state index is 8.48. The maximum Gasteiger partial charge on any atom is 0.213 e. The van der Waals surface area contributed by atoms with Crippen molar-refractivity contribution >= 4 is 5.84 Å². The second kappa shape index (κ2) is 5.34. The number of rotatable bonds is 4. The molecular weight excluding hydrogens is 206 g/mol. The summed E-state index contributed by atoms with van der Waals surface area (Å²) in [5.41, 5.74) is 5.98. The van der Waals surface area contributed by atoms with E-state index in [1.807, 2.05) is 6.92 Å².